The van der Waals surface area contributed by atoms with Gasteiger partial charge in [-0.2, -0.15) is 0 Å². The van der Waals surface area contributed by atoms with Gasteiger partial charge in [0.1, 0.15) is 18.2 Å². The van der Waals surface area contributed by atoms with Gasteiger partial charge >= 0.3 is 0 Å². The van der Waals surface area contributed by atoms with Gasteiger partial charge in [0.05, 0.1) is 11.1 Å². The number of hydrogen-bond acceptors (Lipinski definition) is 3. The average molecular weight is 260 g/mol. The molecular formula is C12H15ClFNO2. The molecule has 0 unspecified atom stereocenters. The first-order chi connectivity index (χ1) is 8.15. The van der Waals surface area contributed by atoms with Gasteiger partial charge < -0.3 is 9.84 Å². The number of hydrogen-bond donors (Lipinski definition) is 1. The van der Waals surface area contributed by atoms with Crippen LogP contribution >= 0.6 is 11.6 Å². The van der Waals surface area contributed by atoms with E-state index in [9.17, 15) is 9.50 Å². The monoisotopic (exact) mass is 259 g/mol. The number of rotatable bonds is 4. The van der Waals surface area contributed by atoms with Crippen LogP contribution in [0.15, 0.2) is 18.2 Å². The van der Waals surface area contributed by atoms with E-state index in [0.29, 0.717) is 18.9 Å². The molecule has 1 fully saturated rings. The molecule has 1 aliphatic rings. The molecule has 2 rings (SSSR count). The highest BCUT2D eigenvalue weighted by molar-refractivity contribution is 6.32. The van der Waals surface area contributed by atoms with Gasteiger partial charge in [0.2, 0.25) is 0 Å². The summed E-state index contributed by atoms with van der Waals surface area (Å²) in [5.74, 6) is 0.123. The van der Waals surface area contributed by atoms with Crippen molar-refractivity contribution in [2.45, 2.75) is 12.5 Å². The van der Waals surface area contributed by atoms with Crippen molar-refractivity contribution in [3.63, 3.8) is 0 Å². The highest BCUT2D eigenvalue weighted by atomic mass is 35.5. The predicted molar refractivity (Wildman–Crippen MR) is 64.0 cm³/mol. The number of β-amino-alcohol motifs (C(OH)–C–C–N with tert-alkyl or cyclic N) is 1. The van der Waals surface area contributed by atoms with Crippen molar-refractivity contribution in [3.05, 3.63) is 29.0 Å². The molecular weight excluding hydrogens is 245 g/mol. The van der Waals surface area contributed by atoms with Crippen molar-refractivity contribution in [1.29, 1.82) is 0 Å². The standard InChI is InChI=1S/C12H15ClFNO2/c13-11-7-9(14)1-2-12(11)17-6-5-15-4-3-10(16)8-15/h1-2,7,10,16H,3-6,8H2/t10-/m0/s1. The second-order valence-corrected chi connectivity index (χ2v) is 4.57. The van der Waals surface area contributed by atoms with E-state index >= 15 is 0 Å². The normalized spacial score (nSPS) is 20.8. The molecule has 17 heavy (non-hydrogen) atoms. The molecule has 0 amide bonds. The molecule has 1 aromatic carbocycles. The fourth-order valence-electron chi connectivity index (χ4n) is 1.89. The SMILES string of the molecule is O[C@H]1CCN(CCOc2ccc(F)cc2Cl)C1. The van der Waals surface area contributed by atoms with Crippen LogP contribution in [-0.2, 0) is 0 Å². The van der Waals surface area contributed by atoms with Gasteiger partial charge in [0.15, 0.2) is 0 Å². The van der Waals surface area contributed by atoms with E-state index in [4.69, 9.17) is 16.3 Å². The molecule has 0 radical (unpaired) electrons. The van der Waals surface area contributed by atoms with Crippen molar-refractivity contribution in [3.8, 4) is 5.75 Å². The van der Waals surface area contributed by atoms with E-state index in [1.54, 1.807) is 0 Å². The zero-order chi connectivity index (χ0) is 12.3. The van der Waals surface area contributed by atoms with Gasteiger partial charge in [-0.3, -0.25) is 4.90 Å². The Kier molecular flexibility index (Phi) is 4.20. The van der Waals surface area contributed by atoms with Crippen LogP contribution in [-0.4, -0.2) is 42.4 Å². The molecule has 0 aromatic heterocycles. The van der Waals surface area contributed by atoms with Gasteiger partial charge in [-0.1, -0.05) is 11.6 Å². The maximum atomic E-state index is 12.8. The molecule has 0 saturated carbocycles. The van der Waals surface area contributed by atoms with E-state index < -0.39 is 0 Å². The van der Waals surface area contributed by atoms with Crippen LogP contribution in [0.1, 0.15) is 6.42 Å². The number of ether oxygens (including phenoxy) is 1. The van der Waals surface area contributed by atoms with Gasteiger partial charge in [0, 0.05) is 19.6 Å². The molecule has 1 saturated heterocycles. The van der Waals surface area contributed by atoms with E-state index in [1.165, 1.54) is 18.2 Å². The van der Waals surface area contributed by atoms with E-state index in [1.807, 2.05) is 0 Å². The molecule has 1 heterocycles. The lowest BCUT2D eigenvalue weighted by Crippen LogP contribution is -2.27. The molecule has 1 N–H and O–H groups in total. The molecule has 3 nitrogen and oxygen atoms in total. The number of aliphatic hydroxyl groups is 1. The number of benzene rings is 1. The third kappa shape index (κ3) is 3.56. The van der Waals surface area contributed by atoms with Crippen LogP contribution in [0.2, 0.25) is 5.02 Å². The first kappa shape index (κ1) is 12.6. The Morgan fingerprint density at radius 1 is 1.53 bits per heavy atom. The molecule has 0 spiro atoms. The van der Waals surface area contributed by atoms with Crippen molar-refractivity contribution in [1.82, 2.24) is 4.90 Å². The lowest BCUT2D eigenvalue weighted by Gasteiger charge is -2.15. The van der Waals surface area contributed by atoms with Crippen LogP contribution in [0.25, 0.3) is 0 Å². The summed E-state index contributed by atoms with van der Waals surface area (Å²) in [5.41, 5.74) is 0. The minimum absolute atomic E-state index is 0.218. The number of halogens is 2. The Morgan fingerprint density at radius 2 is 2.35 bits per heavy atom. The molecule has 1 aliphatic heterocycles. The smallest absolute Gasteiger partial charge is 0.138 e. The Morgan fingerprint density at radius 3 is 3.00 bits per heavy atom. The average Bonchev–Trinajstić information content (AvgIpc) is 2.68. The second-order valence-electron chi connectivity index (χ2n) is 4.17. The zero-order valence-corrected chi connectivity index (χ0v) is 10.2. The summed E-state index contributed by atoms with van der Waals surface area (Å²) < 4.78 is 18.2. The maximum Gasteiger partial charge on any atom is 0.138 e. The molecule has 94 valence electrons. The quantitative estimate of drug-likeness (QED) is 0.897. The summed E-state index contributed by atoms with van der Waals surface area (Å²) in [5, 5.41) is 9.63. The van der Waals surface area contributed by atoms with Crippen molar-refractivity contribution in [2.75, 3.05) is 26.2 Å². The Labute approximate surface area is 105 Å². The highest BCUT2D eigenvalue weighted by Gasteiger charge is 2.19. The highest BCUT2D eigenvalue weighted by Crippen LogP contribution is 2.24. The minimum atomic E-state index is -0.370. The molecule has 5 heteroatoms. The largest absolute Gasteiger partial charge is 0.491 e. The number of likely N-dealkylation sites (tertiary alicyclic amines) is 1. The zero-order valence-electron chi connectivity index (χ0n) is 9.40. The molecule has 0 bridgehead atoms. The van der Waals surface area contributed by atoms with Crippen LogP contribution in [0.4, 0.5) is 4.39 Å². The first-order valence-corrected chi connectivity index (χ1v) is 6.01. The first-order valence-electron chi connectivity index (χ1n) is 5.63. The van der Waals surface area contributed by atoms with Crippen molar-refractivity contribution in [2.24, 2.45) is 0 Å². The van der Waals surface area contributed by atoms with E-state index in [0.717, 1.165) is 19.5 Å². The topological polar surface area (TPSA) is 32.7 Å². The Hall–Kier alpha value is -0.840. The summed E-state index contributed by atoms with van der Waals surface area (Å²) in [6.45, 7) is 2.81. The van der Waals surface area contributed by atoms with Gasteiger partial charge in [-0.25, -0.2) is 4.39 Å². The summed E-state index contributed by atoms with van der Waals surface area (Å²) in [4.78, 5) is 2.13. The summed E-state index contributed by atoms with van der Waals surface area (Å²) in [6, 6.07) is 4.08. The third-order valence-corrected chi connectivity index (χ3v) is 3.10. The Balaban J connectivity index is 1.78. The van der Waals surface area contributed by atoms with Crippen molar-refractivity contribution >= 4 is 11.6 Å². The van der Waals surface area contributed by atoms with Crippen LogP contribution in [0.3, 0.4) is 0 Å². The number of aliphatic hydroxyl groups excluding tert-OH is 1. The van der Waals surface area contributed by atoms with Gasteiger partial charge in [-0.15, -0.1) is 0 Å². The van der Waals surface area contributed by atoms with Gasteiger partial charge in [0.25, 0.3) is 0 Å². The van der Waals surface area contributed by atoms with Crippen LogP contribution in [0.5, 0.6) is 5.75 Å². The fraction of sp³-hybridized carbons (Fsp3) is 0.500. The third-order valence-electron chi connectivity index (χ3n) is 2.81. The van der Waals surface area contributed by atoms with E-state index in [2.05, 4.69) is 4.90 Å². The maximum absolute atomic E-state index is 12.8. The Bertz CT molecular complexity index is 389. The van der Waals surface area contributed by atoms with Crippen LogP contribution in [0, 0.1) is 5.82 Å². The number of nitrogens with zero attached hydrogens (tertiary/aromatic N) is 1. The summed E-state index contributed by atoms with van der Waals surface area (Å²) >= 11 is 5.83. The fourth-order valence-corrected chi connectivity index (χ4v) is 2.11. The second kappa shape index (κ2) is 5.67. The summed E-state index contributed by atoms with van der Waals surface area (Å²) in [6.07, 6.45) is 0.599. The lowest BCUT2D eigenvalue weighted by atomic mass is 10.3. The molecule has 1 atom stereocenters. The minimum Gasteiger partial charge on any atom is -0.491 e. The van der Waals surface area contributed by atoms with E-state index in [-0.39, 0.29) is 16.9 Å². The predicted octanol–water partition coefficient (Wildman–Crippen LogP) is 1.92. The van der Waals surface area contributed by atoms with Crippen molar-refractivity contribution < 1.29 is 14.2 Å². The summed E-state index contributed by atoms with van der Waals surface area (Å²) in [7, 11) is 0. The lowest BCUT2D eigenvalue weighted by molar-refractivity contribution is 0.167. The van der Waals surface area contributed by atoms with Gasteiger partial charge in [-0.05, 0) is 24.6 Å². The molecule has 1 aromatic rings. The van der Waals surface area contributed by atoms with Crippen LogP contribution < -0.4 is 4.74 Å². The molecule has 0 aliphatic carbocycles.